The summed E-state index contributed by atoms with van der Waals surface area (Å²) >= 11 is 3.56. The van der Waals surface area contributed by atoms with Crippen molar-refractivity contribution in [3.05, 3.63) is 45.7 Å². The zero-order chi connectivity index (χ0) is 14.0. The molecular formula is C14H18BrN3O. The van der Waals surface area contributed by atoms with Crippen molar-refractivity contribution in [1.82, 2.24) is 9.78 Å². The van der Waals surface area contributed by atoms with Gasteiger partial charge in [0, 0.05) is 11.0 Å². The van der Waals surface area contributed by atoms with Crippen LogP contribution >= 0.6 is 15.9 Å². The third-order valence-corrected chi connectivity index (χ3v) is 3.87. The van der Waals surface area contributed by atoms with Crippen molar-refractivity contribution in [2.45, 2.75) is 26.4 Å². The highest BCUT2D eigenvalue weighted by Crippen LogP contribution is 2.32. The second-order valence-electron chi connectivity index (χ2n) is 4.42. The van der Waals surface area contributed by atoms with Crippen LogP contribution in [0.25, 0.3) is 0 Å². The third kappa shape index (κ3) is 2.67. The van der Waals surface area contributed by atoms with Crippen molar-refractivity contribution < 1.29 is 4.74 Å². The summed E-state index contributed by atoms with van der Waals surface area (Å²) in [4.78, 5) is 0. The average Bonchev–Trinajstić information content (AvgIpc) is 2.83. The molecule has 4 nitrogen and oxygen atoms in total. The standard InChI is InChI=1S/C14H18BrN3O/c1-4-18-14(12(19-3)8-17-18)13(16)10-7-9(2)5-6-11(10)15/h5-8,13H,4,16H2,1-3H3. The highest BCUT2D eigenvalue weighted by molar-refractivity contribution is 9.10. The summed E-state index contributed by atoms with van der Waals surface area (Å²) in [7, 11) is 1.64. The molecule has 0 aliphatic carbocycles. The van der Waals surface area contributed by atoms with Gasteiger partial charge in [0.15, 0.2) is 5.75 Å². The highest BCUT2D eigenvalue weighted by atomic mass is 79.9. The molecule has 102 valence electrons. The number of aromatic nitrogens is 2. The van der Waals surface area contributed by atoms with Crippen molar-refractivity contribution in [1.29, 1.82) is 0 Å². The van der Waals surface area contributed by atoms with Crippen LogP contribution < -0.4 is 10.5 Å². The lowest BCUT2D eigenvalue weighted by molar-refractivity contribution is 0.404. The van der Waals surface area contributed by atoms with Gasteiger partial charge in [-0.15, -0.1) is 0 Å². The number of aryl methyl sites for hydroxylation is 2. The molecule has 0 radical (unpaired) electrons. The Morgan fingerprint density at radius 2 is 2.21 bits per heavy atom. The van der Waals surface area contributed by atoms with Crippen LogP contribution in [-0.2, 0) is 6.54 Å². The van der Waals surface area contributed by atoms with Crippen LogP contribution in [0.1, 0.15) is 29.8 Å². The number of nitrogens with two attached hydrogens (primary N) is 1. The quantitative estimate of drug-likeness (QED) is 0.940. The first kappa shape index (κ1) is 14.1. The maximum Gasteiger partial charge on any atom is 0.161 e. The summed E-state index contributed by atoms with van der Waals surface area (Å²) in [6, 6.07) is 5.88. The Balaban J connectivity index is 2.51. The van der Waals surface area contributed by atoms with Crippen molar-refractivity contribution in [3.8, 4) is 5.75 Å². The Morgan fingerprint density at radius 3 is 2.84 bits per heavy atom. The lowest BCUT2D eigenvalue weighted by Gasteiger charge is -2.17. The molecule has 5 heteroatoms. The molecular weight excluding hydrogens is 306 g/mol. The molecule has 19 heavy (non-hydrogen) atoms. The van der Waals surface area contributed by atoms with E-state index in [1.807, 2.05) is 17.7 Å². The van der Waals surface area contributed by atoms with Gasteiger partial charge in [0.25, 0.3) is 0 Å². The Kier molecular flexibility index (Phi) is 4.27. The summed E-state index contributed by atoms with van der Waals surface area (Å²) in [5, 5.41) is 4.30. The van der Waals surface area contributed by atoms with E-state index in [0.29, 0.717) is 0 Å². The zero-order valence-corrected chi connectivity index (χ0v) is 12.9. The number of halogens is 1. The summed E-state index contributed by atoms with van der Waals surface area (Å²) in [6.07, 6.45) is 1.71. The first-order valence-electron chi connectivity index (χ1n) is 6.19. The monoisotopic (exact) mass is 323 g/mol. The minimum absolute atomic E-state index is 0.272. The molecule has 1 aromatic carbocycles. The van der Waals surface area contributed by atoms with Gasteiger partial charge in [0.05, 0.1) is 19.3 Å². The maximum absolute atomic E-state index is 6.41. The normalized spacial score (nSPS) is 12.5. The smallest absolute Gasteiger partial charge is 0.161 e. The molecule has 0 spiro atoms. The van der Waals surface area contributed by atoms with Crippen molar-refractivity contribution in [3.63, 3.8) is 0 Å². The first-order valence-corrected chi connectivity index (χ1v) is 6.99. The lowest BCUT2D eigenvalue weighted by atomic mass is 10.0. The second kappa shape index (κ2) is 5.75. The molecule has 0 bridgehead atoms. The molecule has 2 rings (SSSR count). The van der Waals surface area contributed by atoms with Crippen LogP contribution in [0.3, 0.4) is 0 Å². The van der Waals surface area contributed by atoms with E-state index in [0.717, 1.165) is 28.0 Å². The van der Waals surface area contributed by atoms with E-state index in [4.69, 9.17) is 10.5 Å². The average molecular weight is 324 g/mol. The van der Waals surface area contributed by atoms with Crippen molar-refractivity contribution in [2.24, 2.45) is 5.73 Å². The number of nitrogens with zero attached hydrogens (tertiary/aromatic N) is 2. The van der Waals surface area contributed by atoms with Gasteiger partial charge in [0.2, 0.25) is 0 Å². The SMILES string of the molecule is CCn1ncc(OC)c1C(N)c1cc(C)ccc1Br. The fourth-order valence-electron chi connectivity index (χ4n) is 2.15. The van der Waals surface area contributed by atoms with Gasteiger partial charge in [-0.05, 0) is 25.5 Å². The molecule has 2 N–H and O–H groups in total. The lowest BCUT2D eigenvalue weighted by Crippen LogP contribution is -2.18. The molecule has 0 amide bonds. The van der Waals surface area contributed by atoms with Gasteiger partial charge in [-0.3, -0.25) is 4.68 Å². The molecule has 0 aliphatic rings. The maximum atomic E-state index is 6.41. The van der Waals surface area contributed by atoms with Gasteiger partial charge in [-0.25, -0.2) is 0 Å². The van der Waals surface area contributed by atoms with Crippen molar-refractivity contribution in [2.75, 3.05) is 7.11 Å². The highest BCUT2D eigenvalue weighted by Gasteiger charge is 2.21. The van der Waals surface area contributed by atoms with Gasteiger partial charge >= 0.3 is 0 Å². The molecule has 0 saturated carbocycles. The van der Waals surface area contributed by atoms with Gasteiger partial charge in [0.1, 0.15) is 5.69 Å². The fourth-order valence-corrected chi connectivity index (χ4v) is 2.64. The van der Waals surface area contributed by atoms with Crippen molar-refractivity contribution >= 4 is 15.9 Å². The molecule has 0 aliphatic heterocycles. The predicted octanol–water partition coefficient (Wildman–Crippen LogP) is 3.03. The van der Waals surface area contributed by atoms with Gasteiger partial charge in [-0.2, -0.15) is 5.10 Å². The fraction of sp³-hybridized carbons (Fsp3) is 0.357. The van der Waals surface area contributed by atoms with Crippen LogP contribution in [-0.4, -0.2) is 16.9 Å². The zero-order valence-electron chi connectivity index (χ0n) is 11.4. The summed E-state index contributed by atoms with van der Waals surface area (Å²) in [5.41, 5.74) is 9.52. The van der Waals surface area contributed by atoms with E-state index in [9.17, 15) is 0 Å². The first-order chi connectivity index (χ1) is 9.08. The summed E-state index contributed by atoms with van der Waals surface area (Å²) < 4.78 is 8.23. The molecule has 1 aromatic heterocycles. The second-order valence-corrected chi connectivity index (χ2v) is 5.27. The Hall–Kier alpha value is -1.33. The van der Waals surface area contributed by atoms with Crippen LogP contribution in [0.15, 0.2) is 28.9 Å². The third-order valence-electron chi connectivity index (χ3n) is 3.15. The number of methoxy groups -OCH3 is 1. The summed E-state index contributed by atoms with van der Waals surface area (Å²) in [6.45, 7) is 4.85. The van der Waals surface area contributed by atoms with E-state index in [1.165, 1.54) is 5.56 Å². The van der Waals surface area contributed by atoms with E-state index >= 15 is 0 Å². The molecule has 0 fully saturated rings. The molecule has 1 atom stereocenters. The Morgan fingerprint density at radius 1 is 1.47 bits per heavy atom. The van der Waals surface area contributed by atoms with Crippen LogP contribution in [0.2, 0.25) is 0 Å². The van der Waals surface area contributed by atoms with E-state index in [2.05, 4.69) is 40.1 Å². The molecule has 0 saturated heterocycles. The molecule has 1 heterocycles. The Labute approximate surface area is 121 Å². The van der Waals surface area contributed by atoms with Gasteiger partial charge in [-0.1, -0.05) is 33.6 Å². The van der Waals surface area contributed by atoms with Crippen LogP contribution in [0.4, 0.5) is 0 Å². The predicted molar refractivity (Wildman–Crippen MR) is 79.4 cm³/mol. The number of benzene rings is 1. The number of hydrogen-bond donors (Lipinski definition) is 1. The number of ether oxygens (including phenoxy) is 1. The van der Waals surface area contributed by atoms with E-state index in [1.54, 1.807) is 13.3 Å². The largest absolute Gasteiger partial charge is 0.493 e. The number of rotatable bonds is 4. The summed E-state index contributed by atoms with van der Waals surface area (Å²) in [5.74, 6) is 0.725. The number of hydrogen-bond acceptors (Lipinski definition) is 3. The minimum atomic E-state index is -0.272. The minimum Gasteiger partial charge on any atom is -0.493 e. The molecule has 2 aromatic rings. The Bertz CT molecular complexity index is 559. The van der Waals surface area contributed by atoms with E-state index < -0.39 is 0 Å². The van der Waals surface area contributed by atoms with E-state index in [-0.39, 0.29) is 6.04 Å². The molecule has 1 unspecified atom stereocenters. The topological polar surface area (TPSA) is 53.1 Å². The van der Waals surface area contributed by atoms with Crippen LogP contribution in [0, 0.1) is 6.92 Å². The van der Waals surface area contributed by atoms with Crippen LogP contribution in [0.5, 0.6) is 5.75 Å². The van der Waals surface area contributed by atoms with Gasteiger partial charge < -0.3 is 10.5 Å².